The molecule has 10 aromatic rings. The molecule has 0 atom stereocenters. The molecule has 7 aromatic carbocycles. The highest BCUT2D eigenvalue weighted by Gasteiger charge is 2.17. The van der Waals surface area contributed by atoms with E-state index in [1.165, 1.54) is 26.9 Å². The van der Waals surface area contributed by atoms with Crippen molar-refractivity contribution in [3.05, 3.63) is 164 Å². The minimum Gasteiger partial charge on any atom is -0.309 e. The van der Waals surface area contributed by atoms with Crippen LogP contribution in [0.1, 0.15) is 0 Å². The van der Waals surface area contributed by atoms with E-state index in [2.05, 4.69) is 131 Å². The fourth-order valence-corrected chi connectivity index (χ4v) is 7.16. The number of rotatable bonds is 4. The Hall–Kier alpha value is -6.72. The summed E-state index contributed by atoms with van der Waals surface area (Å²) in [5.74, 6) is 1.91. The number of fused-ring (bicyclic) bond motifs is 8. The minimum absolute atomic E-state index is 0.633. The Labute approximate surface area is 281 Å². The fourth-order valence-electron chi connectivity index (χ4n) is 7.16. The van der Waals surface area contributed by atoms with Gasteiger partial charge in [-0.05, 0) is 64.0 Å². The molecule has 0 aliphatic rings. The monoisotopic (exact) mass is 625 g/mol. The molecule has 49 heavy (non-hydrogen) atoms. The zero-order valence-electron chi connectivity index (χ0n) is 26.3. The third-order valence-electron chi connectivity index (χ3n) is 9.47. The summed E-state index contributed by atoms with van der Waals surface area (Å²) in [5, 5.41) is 8.27. The molecule has 5 nitrogen and oxygen atoms in total. The van der Waals surface area contributed by atoms with Crippen LogP contribution in [0, 0.1) is 0 Å². The van der Waals surface area contributed by atoms with E-state index in [0.29, 0.717) is 17.5 Å². The van der Waals surface area contributed by atoms with Crippen LogP contribution in [0.4, 0.5) is 0 Å². The second kappa shape index (κ2) is 10.9. The number of aromatic nitrogens is 5. The van der Waals surface area contributed by atoms with Crippen LogP contribution in [0.2, 0.25) is 0 Å². The molecule has 0 N–H and O–H groups in total. The van der Waals surface area contributed by atoms with Gasteiger partial charge in [0.1, 0.15) is 0 Å². The summed E-state index contributed by atoms with van der Waals surface area (Å²) >= 11 is 0. The first kappa shape index (κ1) is 27.4. The molecule has 0 fully saturated rings. The second-order valence-electron chi connectivity index (χ2n) is 12.3. The molecule has 10 rings (SSSR count). The van der Waals surface area contributed by atoms with E-state index in [1.807, 2.05) is 42.6 Å². The molecular formula is C44H27N5. The largest absolute Gasteiger partial charge is 0.309 e. The smallest absolute Gasteiger partial charge is 0.164 e. The average Bonchev–Trinajstić information content (AvgIpc) is 3.51. The molecule has 228 valence electrons. The number of nitrogens with zero attached hydrogens (tertiary/aromatic N) is 5. The summed E-state index contributed by atoms with van der Waals surface area (Å²) in [6.07, 6.45) is 1.84. The summed E-state index contributed by atoms with van der Waals surface area (Å²) in [6.45, 7) is 0. The Bertz CT molecular complexity index is 2880. The van der Waals surface area contributed by atoms with Gasteiger partial charge in [0.05, 0.1) is 16.6 Å². The van der Waals surface area contributed by atoms with Gasteiger partial charge >= 0.3 is 0 Å². The Morgan fingerprint density at radius 3 is 1.78 bits per heavy atom. The van der Waals surface area contributed by atoms with Gasteiger partial charge in [-0.2, -0.15) is 0 Å². The zero-order chi connectivity index (χ0) is 32.3. The zero-order valence-corrected chi connectivity index (χ0v) is 26.3. The normalized spacial score (nSPS) is 11.7. The van der Waals surface area contributed by atoms with Crippen molar-refractivity contribution in [3.63, 3.8) is 0 Å². The summed E-state index contributed by atoms with van der Waals surface area (Å²) in [4.78, 5) is 19.8. The van der Waals surface area contributed by atoms with Gasteiger partial charge in [-0.3, -0.25) is 4.98 Å². The van der Waals surface area contributed by atoms with Crippen LogP contribution >= 0.6 is 0 Å². The van der Waals surface area contributed by atoms with Gasteiger partial charge in [-0.15, -0.1) is 0 Å². The molecule has 0 saturated heterocycles. The van der Waals surface area contributed by atoms with E-state index in [4.69, 9.17) is 15.0 Å². The maximum Gasteiger partial charge on any atom is 0.164 e. The molecule has 0 bridgehead atoms. The summed E-state index contributed by atoms with van der Waals surface area (Å²) in [5.41, 5.74) is 7.19. The molecular weight excluding hydrogens is 599 g/mol. The van der Waals surface area contributed by atoms with E-state index < -0.39 is 0 Å². The summed E-state index contributed by atoms with van der Waals surface area (Å²) in [6, 6.07) is 55.0. The second-order valence-corrected chi connectivity index (χ2v) is 12.3. The van der Waals surface area contributed by atoms with Crippen LogP contribution in [0.5, 0.6) is 0 Å². The van der Waals surface area contributed by atoms with Crippen molar-refractivity contribution in [1.82, 2.24) is 24.5 Å². The first-order valence-electron chi connectivity index (χ1n) is 16.4. The van der Waals surface area contributed by atoms with Gasteiger partial charge < -0.3 is 4.57 Å². The van der Waals surface area contributed by atoms with Crippen molar-refractivity contribution in [2.45, 2.75) is 0 Å². The molecule has 0 radical (unpaired) electrons. The van der Waals surface area contributed by atoms with Gasteiger partial charge in [0.2, 0.25) is 0 Å². The maximum absolute atomic E-state index is 5.13. The van der Waals surface area contributed by atoms with Gasteiger partial charge in [0.15, 0.2) is 17.5 Å². The predicted molar refractivity (Wildman–Crippen MR) is 201 cm³/mol. The van der Waals surface area contributed by atoms with Gasteiger partial charge in [0.25, 0.3) is 0 Å². The quantitative estimate of drug-likeness (QED) is 0.183. The number of para-hydroxylation sites is 2. The van der Waals surface area contributed by atoms with Crippen molar-refractivity contribution in [1.29, 1.82) is 0 Å². The summed E-state index contributed by atoms with van der Waals surface area (Å²) < 4.78 is 2.32. The van der Waals surface area contributed by atoms with Crippen molar-refractivity contribution in [2.75, 3.05) is 0 Å². The standard InChI is InChI=1S/C44H27N5/c1-3-10-28(11-4-1)42-46-43(30-18-20-33-29(26-30)17-21-35-34(33)23-24-39-36(35)15-9-25-45-39)48-44(47-42)31-19-22-38-37-14-7-8-16-40(37)49(41(38)27-31)32-12-5-2-6-13-32/h1-27H. The van der Waals surface area contributed by atoms with Crippen molar-refractivity contribution < 1.29 is 0 Å². The molecule has 0 unspecified atom stereocenters. The van der Waals surface area contributed by atoms with E-state index in [0.717, 1.165) is 49.7 Å². The lowest BCUT2D eigenvalue weighted by atomic mass is 9.97. The highest BCUT2D eigenvalue weighted by Crippen LogP contribution is 2.36. The lowest BCUT2D eigenvalue weighted by molar-refractivity contribution is 1.07. The lowest BCUT2D eigenvalue weighted by Crippen LogP contribution is -2.00. The van der Waals surface area contributed by atoms with Crippen LogP contribution in [0.3, 0.4) is 0 Å². The molecule has 3 aromatic heterocycles. The Morgan fingerprint density at radius 1 is 0.367 bits per heavy atom. The summed E-state index contributed by atoms with van der Waals surface area (Å²) in [7, 11) is 0. The Balaban J connectivity index is 1.17. The van der Waals surface area contributed by atoms with Gasteiger partial charge in [-0.25, -0.2) is 15.0 Å². The first-order chi connectivity index (χ1) is 24.3. The van der Waals surface area contributed by atoms with Crippen molar-refractivity contribution in [2.24, 2.45) is 0 Å². The highest BCUT2D eigenvalue weighted by molar-refractivity contribution is 6.17. The SMILES string of the molecule is c1ccc(-c2nc(-c3ccc4c(ccc5c6cccnc6ccc45)c3)nc(-c3ccc4c5ccccc5n(-c5ccccc5)c4c3)n2)cc1. The lowest BCUT2D eigenvalue weighted by Gasteiger charge is -2.11. The Morgan fingerprint density at radius 2 is 0.959 bits per heavy atom. The van der Waals surface area contributed by atoms with E-state index in [1.54, 1.807) is 0 Å². The number of benzene rings is 7. The maximum atomic E-state index is 5.13. The van der Waals surface area contributed by atoms with Crippen LogP contribution < -0.4 is 0 Å². The minimum atomic E-state index is 0.633. The number of hydrogen-bond acceptors (Lipinski definition) is 4. The average molecular weight is 626 g/mol. The molecule has 0 spiro atoms. The molecule has 0 amide bonds. The van der Waals surface area contributed by atoms with E-state index in [9.17, 15) is 0 Å². The fraction of sp³-hybridized carbons (Fsp3) is 0. The van der Waals surface area contributed by atoms with Crippen molar-refractivity contribution >= 4 is 54.3 Å². The van der Waals surface area contributed by atoms with Crippen LogP contribution in [-0.2, 0) is 0 Å². The molecule has 3 heterocycles. The van der Waals surface area contributed by atoms with Crippen LogP contribution in [0.25, 0.3) is 94.1 Å². The van der Waals surface area contributed by atoms with E-state index >= 15 is 0 Å². The van der Waals surface area contributed by atoms with Crippen molar-refractivity contribution in [3.8, 4) is 39.9 Å². The highest BCUT2D eigenvalue weighted by atomic mass is 15.0. The van der Waals surface area contributed by atoms with Gasteiger partial charge in [-0.1, -0.05) is 115 Å². The van der Waals surface area contributed by atoms with Crippen LogP contribution in [-0.4, -0.2) is 24.5 Å². The third kappa shape index (κ3) is 4.48. The Kier molecular flexibility index (Phi) is 6.11. The van der Waals surface area contributed by atoms with Crippen LogP contribution in [0.15, 0.2) is 164 Å². The first-order valence-corrected chi connectivity index (χ1v) is 16.4. The molecule has 5 heteroatoms. The molecule has 0 saturated carbocycles. The number of hydrogen-bond donors (Lipinski definition) is 0. The molecule has 0 aliphatic carbocycles. The predicted octanol–water partition coefficient (Wildman–Crippen LogP) is 10.8. The van der Waals surface area contributed by atoms with Gasteiger partial charge in [0, 0.05) is 44.7 Å². The third-order valence-corrected chi connectivity index (χ3v) is 9.47. The molecule has 0 aliphatic heterocycles. The topological polar surface area (TPSA) is 56.5 Å². The van der Waals surface area contributed by atoms with E-state index in [-0.39, 0.29) is 0 Å². The number of pyridine rings is 1.